The van der Waals surface area contributed by atoms with Gasteiger partial charge >= 0.3 is 6.03 Å². The SMILES string of the molecule is CCOc1ccc(N2C(=O)N[C@H]3c4cccc(OC)c4O[C@@]2(C)[C@@H]3C(=O)Nc2ccc(C)cc2C)cc1. The van der Waals surface area contributed by atoms with Crippen LogP contribution < -0.4 is 29.7 Å². The predicted octanol–water partition coefficient (Wildman–Crippen LogP) is 5.35. The van der Waals surface area contributed by atoms with E-state index in [2.05, 4.69) is 10.6 Å². The van der Waals surface area contributed by atoms with Gasteiger partial charge < -0.3 is 24.8 Å². The third-order valence-corrected chi connectivity index (χ3v) is 7.04. The summed E-state index contributed by atoms with van der Waals surface area (Å²) in [6.07, 6.45) is 0. The molecule has 3 aromatic carbocycles. The van der Waals surface area contributed by atoms with Crippen LogP contribution >= 0.6 is 0 Å². The van der Waals surface area contributed by atoms with Crippen LogP contribution in [0.2, 0.25) is 0 Å². The lowest BCUT2D eigenvalue weighted by molar-refractivity contribution is -0.131. The zero-order chi connectivity index (χ0) is 26.3. The number of aryl methyl sites for hydroxylation is 2. The molecule has 8 heteroatoms. The van der Waals surface area contributed by atoms with E-state index < -0.39 is 17.7 Å². The highest BCUT2D eigenvalue weighted by atomic mass is 16.5. The summed E-state index contributed by atoms with van der Waals surface area (Å²) >= 11 is 0. The van der Waals surface area contributed by atoms with Crippen molar-refractivity contribution in [2.45, 2.75) is 39.5 Å². The van der Waals surface area contributed by atoms with Crippen molar-refractivity contribution in [3.05, 3.63) is 77.4 Å². The molecule has 37 heavy (non-hydrogen) atoms. The molecule has 2 aliphatic rings. The van der Waals surface area contributed by atoms with Gasteiger partial charge in [0.25, 0.3) is 0 Å². The van der Waals surface area contributed by atoms with E-state index in [-0.39, 0.29) is 11.9 Å². The smallest absolute Gasteiger partial charge is 0.325 e. The molecular weight excluding hydrogens is 470 g/mol. The van der Waals surface area contributed by atoms with Gasteiger partial charge in [-0.25, -0.2) is 4.79 Å². The van der Waals surface area contributed by atoms with Crippen LogP contribution in [0, 0.1) is 19.8 Å². The van der Waals surface area contributed by atoms with Crippen molar-refractivity contribution in [2.24, 2.45) is 5.92 Å². The lowest BCUT2D eigenvalue weighted by Gasteiger charge is -2.54. The molecule has 5 rings (SSSR count). The van der Waals surface area contributed by atoms with E-state index >= 15 is 0 Å². The number of ether oxygens (including phenoxy) is 3. The summed E-state index contributed by atoms with van der Waals surface area (Å²) in [6, 6.07) is 17.5. The molecule has 2 N–H and O–H groups in total. The number of carbonyl (C=O) groups excluding carboxylic acids is 2. The topological polar surface area (TPSA) is 89.1 Å². The molecule has 0 aliphatic carbocycles. The molecule has 3 atom stereocenters. The fraction of sp³-hybridized carbons (Fsp3) is 0.310. The third-order valence-electron chi connectivity index (χ3n) is 7.04. The average molecular weight is 502 g/mol. The number of rotatable bonds is 6. The Morgan fingerprint density at radius 2 is 1.89 bits per heavy atom. The van der Waals surface area contributed by atoms with Gasteiger partial charge in [0, 0.05) is 16.9 Å². The number of fused-ring (bicyclic) bond motifs is 4. The second-order valence-electron chi connectivity index (χ2n) is 9.51. The van der Waals surface area contributed by atoms with Gasteiger partial charge in [0.15, 0.2) is 11.5 Å². The molecule has 2 bridgehead atoms. The fourth-order valence-electron chi connectivity index (χ4n) is 5.34. The van der Waals surface area contributed by atoms with E-state index in [4.69, 9.17) is 14.2 Å². The summed E-state index contributed by atoms with van der Waals surface area (Å²) in [4.78, 5) is 29.0. The molecule has 0 saturated carbocycles. The number of hydrogen-bond acceptors (Lipinski definition) is 5. The van der Waals surface area contributed by atoms with Gasteiger partial charge in [-0.1, -0.05) is 29.8 Å². The first-order chi connectivity index (χ1) is 17.8. The normalized spacial score (nSPS) is 21.9. The van der Waals surface area contributed by atoms with E-state index in [0.29, 0.717) is 40.8 Å². The number of carbonyl (C=O) groups is 2. The summed E-state index contributed by atoms with van der Waals surface area (Å²) in [5.41, 5.74) is 2.68. The molecule has 1 fully saturated rings. The third kappa shape index (κ3) is 4.12. The van der Waals surface area contributed by atoms with E-state index in [1.54, 1.807) is 44.4 Å². The molecule has 0 radical (unpaired) electrons. The van der Waals surface area contributed by atoms with E-state index in [1.165, 1.54) is 4.90 Å². The Bertz CT molecular complexity index is 1360. The summed E-state index contributed by atoms with van der Waals surface area (Å²) in [5, 5.41) is 6.15. The molecule has 3 amide bonds. The van der Waals surface area contributed by atoms with E-state index in [1.807, 2.05) is 51.1 Å². The lowest BCUT2D eigenvalue weighted by Crippen LogP contribution is -2.72. The first-order valence-electron chi connectivity index (χ1n) is 12.3. The quantitative estimate of drug-likeness (QED) is 0.476. The van der Waals surface area contributed by atoms with Crippen LogP contribution in [0.25, 0.3) is 0 Å². The largest absolute Gasteiger partial charge is 0.494 e. The minimum atomic E-state index is -1.36. The van der Waals surface area contributed by atoms with E-state index in [9.17, 15) is 9.59 Å². The Morgan fingerprint density at radius 1 is 1.14 bits per heavy atom. The van der Waals surface area contributed by atoms with Crippen LogP contribution in [0.15, 0.2) is 60.7 Å². The summed E-state index contributed by atoms with van der Waals surface area (Å²) in [7, 11) is 1.57. The molecule has 3 aromatic rings. The Kier molecular flexibility index (Phi) is 6.19. The highest BCUT2D eigenvalue weighted by molar-refractivity contribution is 6.01. The van der Waals surface area contributed by atoms with Crippen LogP contribution in [0.4, 0.5) is 16.2 Å². The first-order valence-corrected chi connectivity index (χ1v) is 12.3. The zero-order valence-electron chi connectivity index (χ0n) is 21.6. The molecule has 0 aromatic heterocycles. The van der Waals surface area contributed by atoms with Crippen molar-refractivity contribution in [1.82, 2.24) is 5.32 Å². The van der Waals surface area contributed by atoms with Crippen molar-refractivity contribution < 1.29 is 23.8 Å². The average Bonchev–Trinajstić information content (AvgIpc) is 2.86. The Hall–Kier alpha value is -4.20. The summed E-state index contributed by atoms with van der Waals surface area (Å²) < 4.78 is 17.7. The maximum atomic E-state index is 14.0. The highest BCUT2D eigenvalue weighted by Gasteiger charge is 2.60. The maximum absolute atomic E-state index is 14.0. The molecule has 192 valence electrons. The van der Waals surface area contributed by atoms with Crippen molar-refractivity contribution in [2.75, 3.05) is 23.9 Å². The monoisotopic (exact) mass is 501 g/mol. The van der Waals surface area contributed by atoms with Gasteiger partial charge in [0.05, 0.1) is 19.8 Å². The second kappa shape index (κ2) is 9.35. The van der Waals surface area contributed by atoms with Crippen LogP contribution in [-0.2, 0) is 4.79 Å². The number of urea groups is 1. The number of anilines is 2. The first kappa shape index (κ1) is 24.5. The molecular formula is C29H31N3O5. The number of amides is 3. The zero-order valence-corrected chi connectivity index (χ0v) is 21.6. The van der Waals surface area contributed by atoms with Crippen molar-refractivity contribution in [3.63, 3.8) is 0 Å². The second-order valence-corrected chi connectivity index (χ2v) is 9.51. The summed E-state index contributed by atoms with van der Waals surface area (Å²) in [5.74, 6) is 0.683. The van der Waals surface area contributed by atoms with Crippen LogP contribution in [-0.4, -0.2) is 31.4 Å². The predicted molar refractivity (Wildman–Crippen MR) is 141 cm³/mol. The number of nitrogens with one attached hydrogen (secondary N) is 2. The van der Waals surface area contributed by atoms with Crippen molar-refractivity contribution >= 4 is 23.3 Å². The fourth-order valence-corrected chi connectivity index (χ4v) is 5.34. The lowest BCUT2D eigenvalue weighted by atomic mass is 9.78. The maximum Gasteiger partial charge on any atom is 0.325 e. The number of benzene rings is 3. The van der Waals surface area contributed by atoms with Crippen LogP contribution in [0.5, 0.6) is 17.2 Å². The van der Waals surface area contributed by atoms with Gasteiger partial charge in [-0.05, 0) is 69.7 Å². The Balaban J connectivity index is 1.61. The van der Waals surface area contributed by atoms with Gasteiger partial charge in [-0.15, -0.1) is 0 Å². The van der Waals surface area contributed by atoms with Gasteiger partial charge in [-0.2, -0.15) is 0 Å². The Labute approximate surface area is 216 Å². The van der Waals surface area contributed by atoms with E-state index in [0.717, 1.165) is 11.1 Å². The van der Waals surface area contributed by atoms with Crippen LogP contribution in [0.3, 0.4) is 0 Å². The van der Waals surface area contributed by atoms with Crippen molar-refractivity contribution in [1.29, 1.82) is 0 Å². The number of methoxy groups -OCH3 is 1. The van der Waals surface area contributed by atoms with Gasteiger partial charge in [0.2, 0.25) is 11.6 Å². The minimum absolute atomic E-state index is 0.260. The Morgan fingerprint density at radius 3 is 2.57 bits per heavy atom. The molecule has 8 nitrogen and oxygen atoms in total. The molecule has 0 spiro atoms. The number of nitrogens with zero attached hydrogens (tertiary/aromatic N) is 1. The molecule has 2 heterocycles. The number of para-hydroxylation sites is 1. The van der Waals surface area contributed by atoms with Crippen molar-refractivity contribution in [3.8, 4) is 17.2 Å². The van der Waals surface area contributed by atoms with Gasteiger partial charge in [0.1, 0.15) is 11.7 Å². The van der Waals surface area contributed by atoms with Gasteiger partial charge in [-0.3, -0.25) is 9.69 Å². The number of hydrogen-bond donors (Lipinski definition) is 2. The highest BCUT2D eigenvalue weighted by Crippen LogP contribution is 2.52. The standard InChI is InChI=1S/C29H31N3O5/c1-6-36-20-13-11-19(12-14-20)32-28(34)31-25-21-8-7-9-23(35-5)26(21)37-29(32,4)24(25)27(33)30-22-15-10-17(2)16-18(22)3/h7-16,24-25H,6H2,1-5H3,(H,30,33)(H,31,34)/t24-,25-,29-/m0/s1. The van der Waals surface area contributed by atoms with Crippen LogP contribution in [0.1, 0.15) is 36.6 Å². The molecule has 2 aliphatic heterocycles. The molecule has 0 unspecified atom stereocenters. The molecule has 1 saturated heterocycles. The summed E-state index contributed by atoms with van der Waals surface area (Å²) in [6.45, 7) is 8.18. The minimum Gasteiger partial charge on any atom is -0.494 e.